The monoisotopic (exact) mass is 271 g/mol. The van der Waals surface area contributed by atoms with Crippen molar-refractivity contribution in [2.24, 2.45) is 5.41 Å². The summed E-state index contributed by atoms with van der Waals surface area (Å²) in [6, 6.07) is -1.86. The van der Waals surface area contributed by atoms with Crippen LogP contribution in [0.1, 0.15) is 20.8 Å². The maximum atomic E-state index is 11.9. The second-order valence-electron chi connectivity index (χ2n) is 5.41. The number of urea groups is 1. The van der Waals surface area contributed by atoms with Gasteiger partial charge in [0.15, 0.2) is 0 Å². The number of carbonyl (C=O) groups excluding carboxylic acids is 3. The third-order valence-corrected chi connectivity index (χ3v) is 2.62. The highest BCUT2D eigenvalue weighted by atomic mass is 16.4. The van der Waals surface area contributed by atoms with Crippen molar-refractivity contribution >= 4 is 23.8 Å². The molecule has 0 spiro atoms. The van der Waals surface area contributed by atoms with Crippen molar-refractivity contribution in [2.75, 3.05) is 13.1 Å². The van der Waals surface area contributed by atoms with Crippen molar-refractivity contribution in [3.8, 4) is 0 Å². The zero-order valence-corrected chi connectivity index (χ0v) is 11.0. The topological polar surface area (TPSA) is 116 Å². The lowest BCUT2D eigenvalue weighted by atomic mass is 9.87. The van der Waals surface area contributed by atoms with Crippen LogP contribution in [0.25, 0.3) is 0 Å². The Morgan fingerprint density at radius 1 is 1.26 bits per heavy atom. The van der Waals surface area contributed by atoms with Gasteiger partial charge in [-0.25, -0.2) is 9.59 Å². The minimum absolute atomic E-state index is 0.270. The molecule has 0 aliphatic carbocycles. The van der Waals surface area contributed by atoms with Gasteiger partial charge in [0.25, 0.3) is 0 Å². The van der Waals surface area contributed by atoms with E-state index in [0.29, 0.717) is 0 Å². The van der Waals surface area contributed by atoms with Gasteiger partial charge in [0, 0.05) is 0 Å². The Balaban J connectivity index is 2.75. The summed E-state index contributed by atoms with van der Waals surface area (Å²) in [6.45, 7) is 4.46. The fourth-order valence-electron chi connectivity index (χ4n) is 1.64. The average molecular weight is 271 g/mol. The Morgan fingerprint density at radius 2 is 1.74 bits per heavy atom. The fourth-order valence-corrected chi connectivity index (χ4v) is 1.64. The molecule has 1 aliphatic heterocycles. The van der Waals surface area contributed by atoms with E-state index in [0.717, 1.165) is 4.90 Å². The van der Waals surface area contributed by atoms with Crippen molar-refractivity contribution in [3.05, 3.63) is 0 Å². The third-order valence-electron chi connectivity index (χ3n) is 2.62. The van der Waals surface area contributed by atoms with Gasteiger partial charge in [0.05, 0.1) is 0 Å². The number of carbonyl (C=O) groups is 4. The number of hydrogen-bond acceptors (Lipinski definition) is 4. The number of piperazine rings is 1. The average Bonchev–Trinajstić information content (AvgIpc) is 2.21. The van der Waals surface area contributed by atoms with E-state index in [2.05, 4.69) is 10.6 Å². The number of rotatable bonds is 2. The second kappa shape index (κ2) is 5.25. The smallest absolute Gasteiger partial charge is 0.326 e. The van der Waals surface area contributed by atoms with Crippen LogP contribution in [0.15, 0.2) is 0 Å². The molecule has 0 aromatic carbocycles. The third kappa shape index (κ3) is 3.94. The summed E-state index contributed by atoms with van der Waals surface area (Å²) < 4.78 is 0. The minimum Gasteiger partial charge on any atom is -0.480 e. The van der Waals surface area contributed by atoms with Gasteiger partial charge in [-0.2, -0.15) is 0 Å². The van der Waals surface area contributed by atoms with Gasteiger partial charge in [-0.1, -0.05) is 20.8 Å². The summed E-state index contributed by atoms with van der Waals surface area (Å²) in [4.78, 5) is 46.2. The minimum atomic E-state index is -1.17. The standard InChI is InChI=1S/C11H17N3O5/c1-11(2,3)8(9(17)18)13-10(19)14-4-6(15)12-7(16)5-14/h8H,4-5H2,1-3H3,(H,13,19)(H,17,18)(H,12,15,16). The molecule has 1 rings (SSSR count). The molecule has 0 bridgehead atoms. The van der Waals surface area contributed by atoms with Crippen LogP contribution in [-0.4, -0.2) is 53.0 Å². The number of nitrogens with zero attached hydrogens (tertiary/aromatic N) is 1. The number of carboxylic acid groups (broad SMARTS) is 1. The molecule has 1 unspecified atom stereocenters. The Bertz CT molecular complexity index is 411. The highest BCUT2D eigenvalue weighted by Gasteiger charge is 2.35. The van der Waals surface area contributed by atoms with E-state index in [9.17, 15) is 19.2 Å². The molecule has 1 saturated heterocycles. The number of aliphatic carboxylic acids is 1. The van der Waals surface area contributed by atoms with E-state index in [-0.39, 0.29) is 13.1 Å². The Labute approximate surface area is 110 Å². The predicted molar refractivity (Wildman–Crippen MR) is 64.1 cm³/mol. The Morgan fingerprint density at radius 3 is 2.11 bits per heavy atom. The van der Waals surface area contributed by atoms with E-state index in [4.69, 9.17) is 5.11 Å². The predicted octanol–water partition coefficient (Wildman–Crippen LogP) is -0.846. The molecule has 1 fully saturated rings. The van der Waals surface area contributed by atoms with Crippen LogP contribution in [0.2, 0.25) is 0 Å². The molecule has 0 saturated carbocycles. The first-order chi connectivity index (χ1) is 8.61. The lowest BCUT2D eigenvalue weighted by Gasteiger charge is -2.31. The van der Waals surface area contributed by atoms with Gasteiger partial charge in [-0.15, -0.1) is 0 Å². The van der Waals surface area contributed by atoms with Gasteiger partial charge >= 0.3 is 12.0 Å². The molecule has 8 nitrogen and oxygen atoms in total. The molecule has 1 heterocycles. The van der Waals surface area contributed by atoms with Gasteiger partial charge < -0.3 is 15.3 Å². The van der Waals surface area contributed by atoms with Crippen LogP contribution in [0.3, 0.4) is 0 Å². The second-order valence-corrected chi connectivity index (χ2v) is 5.41. The summed E-state index contributed by atoms with van der Waals surface area (Å²) in [5, 5.41) is 13.5. The summed E-state index contributed by atoms with van der Waals surface area (Å²) in [5.41, 5.74) is -0.691. The van der Waals surface area contributed by atoms with Gasteiger partial charge in [-0.3, -0.25) is 14.9 Å². The number of amides is 4. The Hall–Kier alpha value is -2.12. The number of imide groups is 1. The van der Waals surface area contributed by atoms with Crippen LogP contribution in [0.4, 0.5) is 4.79 Å². The molecule has 19 heavy (non-hydrogen) atoms. The fraction of sp³-hybridized carbons (Fsp3) is 0.636. The molecule has 3 N–H and O–H groups in total. The first-order valence-electron chi connectivity index (χ1n) is 5.72. The molecule has 1 aliphatic rings. The van der Waals surface area contributed by atoms with Crippen LogP contribution in [0.5, 0.6) is 0 Å². The van der Waals surface area contributed by atoms with Gasteiger partial charge in [0.2, 0.25) is 11.8 Å². The Kier molecular flexibility index (Phi) is 4.13. The normalized spacial score (nSPS) is 17.7. The van der Waals surface area contributed by atoms with Crippen LogP contribution >= 0.6 is 0 Å². The zero-order chi connectivity index (χ0) is 14.8. The molecular formula is C11H17N3O5. The molecule has 4 amide bonds. The highest BCUT2D eigenvalue weighted by Crippen LogP contribution is 2.19. The van der Waals surface area contributed by atoms with Crippen LogP contribution < -0.4 is 10.6 Å². The van der Waals surface area contributed by atoms with E-state index in [1.54, 1.807) is 20.8 Å². The molecular weight excluding hydrogens is 254 g/mol. The molecule has 0 radical (unpaired) electrons. The van der Waals surface area contributed by atoms with Crippen molar-refractivity contribution in [1.29, 1.82) is 0 Å². The van der Waals surface area contributed by atoms with E-state index in [1.165, 1.54) is 0 Å². The number of hydrogen-bond donors (Lipinski definition) is 3. The number of nitrogens with one attached hydrogen (secondary N) is 2. The van der Waals surface area contributed by atoms with Gasteiger partial charge in [0.1, 0.15) is 19.1 Å². The molecule has 0 aromatic rings. The van der Waals surface area contributed by atoms with E-state index >= 15 is 0 Å². The lowest BCUT2D eigenvalue weighted by molar-refractivity contribution is -0.142. The van der Waals surface area contributed by atoms with Crippen molar-refractivity contribution in [2.45, 2.75) is 26.8 Å². The van der Waals surface area contributed by atoms with Gasteiger partial charge in [-0.05, 0) is 5.41 Å². The van der Waals surface area contributed by atoms with Crippen LogP contribution in [-0.2, 0) is 14.4 Å². The quantitative estimate of drug-likeness (QED) is 0.566. The van der Waals surface area contributed by atoms with Crippen molar-refractivity contribution < 1.29 is 24.3 Å². The van der Waals surface area contributed by atoms with E-state index in [1.807, 2.05) is 0 Å². The SMILES string of the molecule is CC(C)(C)C(NC(=O)N1CC(=O)NC(=O)C1)C(=O)O. The summed E-state index contributed by atoms with van der Waals surface area (Å²) >= 11 is 0. The van der Waals surface area contributed by atoms with Crippen molar-refractivity contribution in [1.82, 2.24) is 15.5 Å². The summed E-state index contributed by atoms with van der Waals surface area (Å²) in [5.74, 6) is -2.35. The summed E-state index contributed by atoms with van der Waals surface area (Å²) in [7, 11) is 0. The molecule has 1 atom stereocenters. The maximum Gasteiger partial charge on any atom is 0.326 e. The maximum absolute atomic E-state index is 11.9. The molecule has 0 aromatic heterocycles. The molecule has 106 valence electrons. The first-order valence-corrected chi connectivity index (χ1v) is 5.72. The lowest BCUT2D eigenvalue weighted by Crippen LogP contribution is -2.59. The van der Waals surface area contributed by atoms with Crippen molar-refractivity contribution in [3.63, 3.8) is 0 Å². The first kappa shape index (κ1) is 14.9. The molecule has 8 heteroatoms. The van der Waals surface area contributed by atoms with E-state index < -0.39 is 35.3 Å². The number of carboxylic acids is 1. The van der Waals surface area contributed by atoms with Crippen LogP contribution in [0, 0.1) is 5.41 Å². The largest absolute Gasteiger partial charge is 0.480 e. The summed E-state index contributed by atoms with van der Waals surface area (Å²) in [6.07, 6.45) is 0. The highest BCUT2D eigenvalue weighted by molar-refractivity contribution is 6.02. The zero-order valence-electron chi connectivity index (χ0n) is 11.0.